The molecule has 2 aromatic heterocycles. The number of hydrogen-bond acceptors (Lipinski definition) is 5. The molecule has 224 valence electrons. The summed E-state index contributed by atoms with van der Waals surface area (Å²) in [7, 11) is 1.84. The van der Waals surface area contributed by atoms with E-state index in [1.807, 2.05) is 36.7 Å². The minimum atomic E-state index is -0.425. The monoisotopic (exact) mass is 587 g/mol. The highest BCUT2D eigenvalue weighted by molar-refractivity contribution is 6.05. The van der Waals surface area contributed by atoms with Gasteiger partial charge >= 0.3 is 5.97 Å². The van der Waals surface area contributed by atoms with E-state index in [0.29, 0.717) is 73.0 Å². The van der Waals surface area contributed by atoms with Crippen molar-refractivity contribution in [2.45, 2.75) is 52.7 Å². The molecule has 0 unspecified atom stereocenters. The minimum Gasteiger partial charge on any atom is -0.493 e. The van der Waals surface area contributed by atoms with Crippen molar-refractivity contribution in [1.82, 2.24) is 14.3 Å². The fourth-order valence-electron chi connectivity index (χ4n) is 6.26. The van der Waals surface area contributed by atoms with Crippen molar-refractivity contribution in [3.8, 4) is 16.9 Å². The number of ether oxygens (including phenoxy) is 3. The first-order valence-electron chi connectivity index (χ1n) is 14.8. The molecule has 0 atom stereocenters. The lowest BCUT2D eigenvalue weighted by Gasteiger charge is -2.14. The van der Waals surface area contributed by atoms with Crippen molar-refractivity contribution in [3.63, 3.8) is 0 Å². The van der Waals surface area contributed by atoms with Gasteiger partial charge in [0.05, 0.1) is 36.7 Å². The summed E-state index contributed by atoms with van der Waals surface area (Å²) in [6, 6.07) is 13.4. The fourth-order valence-corrected chi connectivity index (χ4v) is 6.26. The number of benzene rings is 3. The van der Waals surface area contributed by atoms with Gasteiger partial charge in [0.15, 0.2) is 0 Å². The van der Waals surface area contributed by atoms with E-state index < -0.39 is 5.97 Å². The third-order valence-electron chi connectivity index (χ3n) is 8.13. The molecule has 0 aliphatic carbocycles. The molecule has 0 N–H and O–H groups in total. The average molecular weight is 588 g/mol. The maximum Gasteiger partial charge on any atom is 0.355 e. The fraction of sp³-hybridized carbons (Fsp3) is 0.353. The molecule has 0 amide bonds. The first-order valence-corrected chi connectivity index (χ1v) is 14.8. The Balaban J connectivity index is 1.43. The van der Waals surface area contributed by atoms with Crippen LogP contribution in [0.4, 0.5) is 8.78 Å². The van der Waals surface area contributed by atoms with Gasteiger partial charge in [-0.15, -0.1) is 0 Å². The number of fused-ring (bicyclic) bond motifs is 3. The molecule has 5 aromatic rings. The summed E-state index contributed by atoms with van der Waals surface area (Å²) < 4.78 is 51.0. The van der Waals surface area contributed by atoms with Crippen LogP contribution >= 0.6 is 0 Å². The number of carbonyl (C=O) groups excluding carboxylic acids is 1. The first-order chi connectivity index (χ1) is 20.9. The van der Waals surface area contributed by atoms with Gasteiger partial charge in [0.2, 0.25) is 0 Å². The highest BCUT2D eigenvalue weighted by atomic mass is 19.1. The predicted octanol–water partition coefficient (Wildman–Crippen LogP) is 7.28. The molecular weight excluding hydrogens is 552 g/mol. The van der Waals surface area contributed by atoms with Crippen LogP contribution < -0.4 is 4.74 Å². The van der Waals surface area contributed by atoms with E-state index >= 15 is 4.39 Å². The summed E-state index contributed by atoms with van der Waals surface area (Å²) in [5.41, 5.74) is 4.56. The number of aromatic nitrogens is 3. The Morgan fingerprint density at radius 3 is 2.74 bits per heavy atom. The SMILES string of the molecule is CCOC(=O)c1c(CCCOc2cccc3cc(F)ccc23)c2ccc(F)c3c2n1CCCCOCc1c-3c(C)nn1C. The molecule has 1 aliphatic rings. The molecule has 6 rings (SSSR count). The van der Waals surface area contributed by atoms with Crippen LogP contribution in [0.15, 0.2) is 48.5 Å². The second-order valence-electron chi connectivity index (χ2n) is 10.9. The largest absolute Gasteiger partial charge is 0.493 e. The van der Waals surface area contributed by atoms with E-state index in [2.05, 4.69) is 5.10 Å². The second-order valence-corrected chi connectivity index (χ2v) is 10.9. The highest BCUT2D eigenvalue weighted by Gasteiger charge is 2.30. The van der Waals surface area contributed by atoms with Crippen LogP contribution in [-0.4, -0.2) is 40.1 Å². The van der Waals surface area contributed by atoms with E-state index in [-0.39, 0.29) is 18.2 Å². The Labute approximate surface area is 249 Å². The van der Waals surface area contributed by atoms with Crippen LogP contribution in [0, 0.1) is 18.6 Å². The first kappa shape index (κ1) is 28.9. The summed E-state index contributed by atoms with van der Waals surface area (Å²) in [4.78, 5) is 13.6. The zero-order valence-electron chi connectivity index (χ0n) is 24.7. The molecular formula is C34H35F2N3O4. The van der Waals surface area contributed by atoms with Crippen LogP contribution in [0.25, 0.3) is 32.8 Å². The number of carbonyl (C=O) groups is 1. The molecule has 0 bridgehead atoms. The molecule has 0 saturated heterocycles. The van der Waals surface area contributed by atoms with Gasteiger partial charge in [-0.3, -0.25) is 4.68 Å². The Morgan fingerprint density at radius 2 is 1.91 bits per heavy atom. The van der Waals surface area contributed by atoms with Gasteiger partial charge in [0.25, 0.3) is 0 Å². The normalized spacial score (nSPS) is 13.6. The molecule has 0 radical (unpaired) electrons. The lowest BCUT2D eigenvalue weighted by Crippen LogP contribution is -2.15. The Bertz CT molecular complexity index is 1820. The van der Waals surface area contributed by atoms with E-state index in [0.717, 1.165) is 40.3 Å². The topological polar surface area (TPSA) is 67.5 Å². The smallest absolute Gasteiger partial charge is 0.355 e. The van der Waals surface area contributed by atoms with Gasteiger partial charge in [-0.1, -0.05) is 12.1 Å². The van der Waals surface area contributed by atoms with Gasteiger partial charge in [-0.05, 0) is 86.9 Å². The summed E-state index contributed by atoms with van der Waals surface area (Å²) in [5, 5.41) is 7.02. The van der Waals surface area contributed by atoms with Crippen LogP contribution in [0.2, 0.25) is 0 Å². The quantitative estimate of drug-likeness (QED) is 0.148. The molecule has 0 spiro atoms. The van der Waals surface area contributed by atoms with E-state index in [9.17, 15) is 9.18 Å². The Hall–Kier alpha value is -4.24. The van der Waals surface area contributed by atoms with Gasteiger partial charge in [-0.2, -0.15) is 5.10 Å². The van der Waals surface area contributed by atoms with Crippen LogP contribution in [-0.2, 0) is 36.1 Å². The number of hydrogen-bond donors (Lipinski definition) is 0. The highest BCUT2D eigenvalue weighted by Crippen LogP contribution is 2.40. The van der Waals surface area contributed by atoms with E-state index in [4.69, 9.17) is 14.2 Å². The predicted molar refractivity (Wildman–Crippen MR) is 161 cm³/mol. The van der Waals surface area contributed by atoms with Gasteiger partial charge in [-0.25, -0.2) is 13.6 Å². The third kappa shape index (κ3) is 5.38. The van der Waals surface area contributed by atoms with Crippen molar-refractivity contribution in [1.29, 1.82) is 0 Å². The summed E-state index contributed by atoms with van der Waals surface area (Å²) >= 11 is 0. The lowest BCUT2D eigenvalue weighted by molar-refractivity contribution is 0.0512. The maximum absolute atomic E-state index is 15.9. The van der Waals surface area contributed by atoms with Crippen molar-refractivity contribution in [2.24, 2.45) is 7.05 Å². The van der Waals surface area contributed by atoms with Gasteiger partial charge in [0.1, 0.15) is 23.1 Å². The number of halogens is 2. The number of aryl methyl sites for hydroxylation is 4. The summed E-state index contributed by atoms with van der Waals surface area (Å²) in [5.74, 6) is -0.423. The van der Waals surface area contributed by atoms with Crippen LogP contribution in [0.1, 0.15) is 53.6 Å². The van der Waals surface area contributed by atoms with E-state index in [1.54, 1.807) is 23.7 Å². The molecule has 43 heavy (non-hydrogen) atoms. The Kier molecular flexibility index (Phi) is 8.17. The van der Waals surface area contributed by atoms with Crippen molar-refractivity contribution in [3.05, 3.63) is 82.8 Å². The Morgan fingerprint density at radius 1 is 1.07 bits per heavy atom. The number of rotatable bonds is 7. The molecule has 1 aliphatic heterocycles. The van der Waals surface area contributed by atoms with Crippen molar-refractivity contribution >= 4 is 27.6 Å². The molecule has 0 fully saturated rings. The molecule has 0 saturated carbocycles. The summed E-state index contributed by atoms with van der Waals surface area (Å²) in [6.45, 7) is 5.64. The van der Waals surface area contributed by atoms with Crippen LogP contribution in [0.5, 0.6) is 5.75 Å². The number of nitrogens with zero attached hydrogens (tertiary/aromatic N) is 3. The zero-order valence-corrected chi connectivity index (χ0v) is 24.7. The standard InChI is InChI=1S/C34H35F2N3O4/c1-4-42-34(40)33-25(10-8-18-43-29-11-7-9-22-19-23(35)12-13-24(22)29)26-14-15-27(36)31-30-21(2)37-38(3)28(30)20-41-17-6-5-16-39(33)32(26)31/h7,9,11-15,19H,4-6,8,10,16-18,20H2,1-3H3. The lowest BCUT2D eigenvalue weighted by atomic mass is 9.97. The minimum absolute atomic E-state index is 0.228. The molecule has 9 heteroatoms. The molecule has 3 aromatic carbocycles. The summed E-state index contributed by atoms with van der Waals surface area (Å²) in [6.07, 6.45) is 2.66. The molecule has 7 nitrogen and oxygen atoms in total. The van der Waals surface area contributed by atoms with Crippen molar-refractivity contribution in [2.75, 3.05) is 19.8 Å². The van der Waals surface area contributed by atoms with Gasteiger partial charge in [0, 0.05) is 42.1 Å². The van der Waals surface area contributed by atoms with Gasteiger partial charge < -0.3 is 18.8 Å². The maximum atomic E-state index is 15.9. The number of esters is 1. The van der Waals surface area contributed by atoms with Crippen molar-refractivity contribution < 1.29 is 27.8 Å². The second kappa shape index (κ2) is 12.2. The molecule has 3 heterocycles. The third-order valence-corrected chi connectivity index (χ3v) is 8.13. The average Bonchev–Trinajstić information content (AvgIpc) is 3.43. The zero-order chi connectivity index (χ0) is 30.1. The van der Waals surface area contributed by atoms with E-state index in [1.165, 1.54) is 18.2 Å². The van der Waals surface area contributed by atoms with Crippen LogP contribution in [0.3, 0.4) is 0 Å².